The molecule has 36 heavy (non-hydrogen) atoms. The van der Waals surface area contributed by atoms with Crippen LogP contribution in [0.2, 0.25) is 0 Å². The molecule has 1 aliphatic rings. The summed E-state index contributed by atoms with van der Waals surface area (Å²) >= 11 is 0. The van der Waals surface area contributed by atoms with Crippen LogP contribution in [0.1, 0.15) is 42.6 Å². The summed E-state index contributed by atoms with van der Waals surface area (Å²) in [5.41, 5.74) is 3.06. The average molecular weight is 496 g/mol. The van der Waals surface area contributed by atoms with E-state index < -0.39 is 5.60 Å². The second-order valence-electron chi connectivity index (χ2n) is 9.74. The Labute approximate surface area is 214 Å². The van der Waals surface area contributed by atoms with Crippen molar-refractivity contribution in [3.63, 3.8) is 0 Å². The van der Waals surface area contributed by atoms with Gasteiger partial charge in [0.05, 0.1) is 12.3 Å². The molecule has 4 rings (SSSR count). The van der Waals surface area contributed by atoms with Crippen LogP contribution in [0.4, 0.5) is 4.39 Å². The number of ether oxygens (including phenoxy) is 3. The van der Waals surface area contributed by atoms with Crippen molar-refractivity contribution in [1.82, 2.24) is 14.7 Å². The number of methoxy groups -OCH3 is 1. The molecule has 3 aromatic rings. The van der Waals surface area contributed by atoms with Crippen LogP contribution in [-0.2, 0) is 17.8 Å². The molecule has 0 bridgehead atoms. The summed E-state index contributed by atoms with van der Waals surface area (Å²) < 4.78 is 33.8. The molecule has 2 aromatic carbocycles. The van der Waals surface area contributed by atoms with Gasteiger partial charge >= 0.3 is 0 Å². The van der Waals surface area contributed by atoms with Crippen LogP contribution in [0.3, 0.4) is 0 Å². The van der Waals surface area contributed by atoms with E-state index in [0.29, 0.717) is 13.2 Å². The first-order chi connectivity index (χ1) is 17.5. The van der Waals surface area contributed by atoms with E-state index >= 15 is 0 Å². The van der Waals surface area contributed by atoms with Gasteiger partial charge in [-0.25, -0.2) is 4.39 Å². The molecule has 0 amide bonds. The molecular formula is C29H38FN3O3. The third-order valence-electron chi connectivity index (χ3n) is 6.94. The van der Waals surface area contributed by atoms with Crippen LogP contribution in [0, 0.1) is 19.7 Å². The summed E-state index contributed by atoms with van der Waals surface area (Å²) in [6.07, 6.45) is 3.62. The first-order valence-corrected chi connectivity index (χ1v) is 12.8. The molecule has 0 aliphatic carbocycles. The maximum atomic E-state index is 14.0. The number of aromatic nitrogens is 2. The highest BCUT2D eigenvalue weighted by molar-refractivity contribution is 5.28. The van der Waals surface area contributed by atoms with E-state index in [1.165, 1.54) is 17.3 Å². The van der Waals surface area contributed by atoms with Gasteiger partial charge in [0.1, 0.15) is 18.0 Å². The Morgan fingerprint density at radius 1 is 1.00 bits per heavy atom. The Kier molecular flexibility index (Phi) is 8.99. The molecule has 0 saturated carbocycles. The highest BCUT2D eigenvalue weighted by atomic mass is 19.1. The molecule has 1 aliphatic heterocycles. The minimum absolute atomic E-state index is 0.279. The van der Waals surface area contributed by atoms with Crippen molar-refractivity contribution >= 4 is 0 Å². The lowest BCUT2D eigenvalue weighted by atomic mass is 9.95. The van der Waals surface area contributed by atoms with Gasteiger partial charge < -0.3 is 14.2 Å². The SMILES string of the molecule is CO[C@]1(COc2ccccc2F)CCCN(Cc2cccc(OCCCn3nc(C)cc3C)c2)CC1. The first kappa shape index (κ1) is 26.2. The zero-order chi connectivity index (χ0) is 25.4. The molecule has 0 unspecified atom stereocenters. The Bertz CT molecular complexity index is 1120. The zero-order valence-corrected chi connectivity index (χ0v) is 21.7. The standard InChI is InChI=1S/C29H38FN3O3/c1-23-19-24(2)33(31-23)16-8-18-35-26-10-6-9-25(20-26)21-32-15-7-13-29(34-3,14-17-32)22-36-28-12-5-4-11-27(28)30/h4-6,9-12,19-20H,7-8,13-18,21-22H2,1-3H3/t29-/m1/s1. The minimum atomic E-state index is -0.409. The van der Waals surface area contributed by atoms with E-state index in [0.717, 1.165) is 63.3 Å². The normalized spacial score (nSPS) is 18.7. The molecule has 0 N–H and O–H groups in total. The van der Waals surface area contributed by atoms with Gasteiger partial charge in [0.25, 0.3) is 0 Å². The van der Waals surface area contributed by atoms with Gasteiger partial charge in [-0.1, -0.05) is 24.3 Å². The van der Waals surface area contributed by atoms with Gasteiger partial charge in [0, 0.05) is 38.9 Å². The number of halogens is 1. The van der Waals surface area contributed by atoms with E-state index in [1.54, 1.807) is 25.3 Å². The van der Waals surface area contributed by atoms with Crippen LogP contribution >= 0.6 is 0 Å². The van der Waals surface area contributed by atoms with Crippen LogP contribution < -0.4 is 9.47 Å². The predicted molar refractivity (Wildman–Crippen MR) is 139 cm³/mol. The zero-order valence-electron chi connectivity index (χ0n) is 21.7. The molecule has 0 radical (unpaired) electrons. The number of rotatable bonds is 11. The highest BCUT2D eigenvalue weighted by Crippen LogP contribution is 2.29. The Morgan fingerprint density at radius 3 is 2.64 bits per heavy atom. The molecule has 0 spiro atoms. The van der Waals surface area contributed by atoms with Gasteiger partial charge in [-0.3, -0.25) is 9.58 Å². The van der Waals surface area contributed by atoms with E-state index in [4.69, 9.17) is 14.2 Å². The van der Waals surface area contributed by atoms with E-state index in [2.05, 4.69) is 41.2 Å². The van der Waals surface area contributed by atoms with Gasteiger partial charge in [0.15, 0.2) is 11.6 Å². The van der Waals surface area contributed by atoms with Crippen LogP contribution in [0.25, 0.3) is 0 Å². The topological polar surface area (TPSA) is 48.8 Å². The lowest BCUT2D eigenvalue weighted by Crippen LogP contribution is -2.39. The lowest BCUT2D eigenvalue weighted by molar-refractivity contribution is -0.0548. The molecule has 2 heterocycles. The quantitative estimate of drug-likeness (QED) is 0.326. The fraction of sp³-hybridized carbons (Fsp3) is 0.483. The lowest BCUT2D eigenvalue weighted by Gasteiger charge is -2.31. The smallest absolute Gasteiger partial charge is 0.165 e. The van der Waals surface area contributed by atoms with Crippen LogP contribution in [0.15, 0.2) is 54.6 Å². The maximum Gasteiger partial charge on any atom is 0.165 e. The van der Waals surface area contributed by atoms with Crippen molar-refractivity contribution in [3.05, 3.63) is 77.4 Å². The summed E-state index contributed by atoms with van der Waals surface area (Å²) in [5.74, 6) is 0.842. The van der Waals surface area contributed by atoms with Crippen molar-refractivity contribution in [2.45, 2.75) is 58.2 Å². The third kappa shape index (κ3) is 7.08. The summed E-state index contributed by atoms with van der Waals surface area (Å²) in [5, 5.41) is 4.51. The highest BCUT2D eigenvalue weighted by Gasteiger charge is 2.34. The van der Waals surface area contributed by atoms with Crippen molar-refractivity contribution in [3.8, 4) is 11.5 Å². The number of nitrogens with zero attached hydrogens (tertiary/aromatic N) is 3. The molecule has 1 aromatic heterocycles. The average Bonchev–Trinajstić information content (AvgIpc) is 3.07. The molecule has 194 valence electrons. The number of aryl methyl sites for hydroxylation is 3. The predicted octanol–water partition coefficient (Wildman–Crippen LogP) is 5.56. The van der Waals surface area contributed by atoms with Gasteiger partial charge in [-0.15, -0.1) is 0 Å². The van der Waals surface area contributed by atoms with Crippen molar-refractivity contribution in [2.75, 3.05) is 33.4 Å². The van der Waals surface area contributed by atoms with Crippen molar-refractivity contribution in [1.29, 1.82) is 0 Å². The van der Waals surface area contributed by atoms with Gasteiger partial charge in [0.2, 0.25) is 0 Å². The number of benzene rings is 2. The number of hydrogen-bond donors (Lipinski definition) is 0. The molecule has 6 nitrogen and oxygen atoms in total. The van der Waals surface area contributed by atoms with Crippen LogP contribution in [0.5, 0.6) is 11.5 Å². The van der Waals surface area contributed by atoms with E-state index in [9.17, 15) is 4.39 Å². The first-order valence-electron chi connectivity index (χ1n) is 12.8. The molecule has 1 saturated heterocycles. The van der Waals surface area contributed by atoms with Gasteiger partial charge in [-0.2, -0.15) is 5.10 Å². The van der Waals surface area contributed by atoms with E-state index in [-0.39, 0.29) is 11.6 Å². The summed E-state index contributed by atoms with van der Waals surface area (Å²) in [6.45, 7) is 8.69. The summed E-state index contributed by atoms with van der Waals surface area (Å²) in [4.78, 5) is 2.45. The Morgan fingerprint density at radius 2 is 1.86 bits per heavy atom. The summed E-state index contributed by atoms with van der Waals surface area (Å²) in [6, 6.07) is 17.0. The third-order valence-corrected chi connectivity index (χ3v) is 6.94. The van der Waals surface area contributed by atoms with Crippen molar-refractivity contribution < 1.29 is 18.6 Å². The Hall–Kier alpha value is -2.90. The number of hydrogen-bond acceptors (Lipinski definition) is 5. The second-order valence-corrected chi connectivity index (χ2v) is 9.74. The maximum absolute atomic E-state index is 14.0. The number of likely N-dealkylation sites (tertiary alicyclic amines) is 1. The number of para-hydroxylation sites is 1. The summed E-state index contributed by atoms with van der Waals surface area (Å²) in [7, 11) is 1.73. The van der Waals surface area contributed by atoms with Crippen LogP contribution in [-0.4, -0.2) is 53.7 Å². The minimum Gasteiger partial charge on any atom is -0.494 e. The Balaban J connectivity index is 1.26. The second kappa shape index (κ2) is 12.4. The molecule has 1 atom stereocenters. The fourth-order valence-electron chi connectivity index (χ4n) is 4.86. The monoisotopic (exact) mass is 495 g/mol. The van der Waals surface area contributed by atoms with Gasteiger partial charge in [-0.05, 0) is 75.5 Å². The van der Waals surface area contributed by atoms with E-state index in [1.807, 2.05) is 17.7 Å². The van der Waals surface area contributed by atoms with Crippen molar-refractivity contribution in [2.24, 2.45) is 0 Å². The molecule has 7 heteroatoms. The molecular weight excluding hydrogens is 457 g/mol. The fourth-order valence-corrected chi connectivity index (χ4v) is 4.86. The largest absolute Gasteiger partial charge is 0.494 e. The molecule has 1 fully saturated rings.